The molecule has 0 fully saturated rings. The summed E-state index contributed by atoms with van der Waals surface area (Å²) in [5, 5.41) is 2.54. The van der Waals surface area contributed by atoms with Gasteiger partial charge in [0.2, 0.25) is 0 Å². The minimum atomic E-state index is -1.00. The Morgan fingerprint density at radius 2 is 1.76 bits per heavy atom. The number of carbonyl (C=O) groups is 1. The lowest BCUT2D eigenvalue weighted by Crippen LogP contribution is -2.12. The van der Waals surface area contributed by atoms with Crippen LogP contribution in [-0.2, 0) is 6.42 Å². The average Bonchev–Trinajstić information content (AvgIpc) is 2.65. The standard InChI is InChI=1S/C20H16F2N2O/c1-2-13-3-10-19(23-12-13)14-4-6-15(7-5-14)20(25)24-16-8-9-17(21)18(22)11-16/h3-12H,2H2,1H3,(H,24,25). The van der Waals surface area contributed by atoms with Gasteiger partial charge in [-0.1, -0.05) is 25.1 Å². The molecule has 126 valence electrons. The number of rotatable bonds is 4. The third kappa shape index (κ3) is 3.88. The number of pyridine rings is 1. The molecule has 25 heavy (non-hydrogen) atoms. The van der Waals surface area contributed by atoms with E-state index in [-0.39, 0.29) is 5.69 Å². The molecule has 0 saturated carbocycles. The highest BCUT2D eigenvalue weighted by Crippen LogP contribution is 2.19. The van der Waals surface area contributed by atoms with Crippen LogP contribution in [0.25, 0.3) is 11.3 Å². The number of hydrogen-bond acceptors (Lipinski definition) is 2. The van der Waals surface area contributed by atoms with Crippen LogP contribution in [0.1, 0.15) is 22.8 Å². The van der Waals surface area contributed by atoms with E-state index in [0.717, 1.165) is 35.4 Å². The van der Waals surface area contributed by atoms with E-state index in [0.29, 0.717) is 5.56 Å². The predicted octanol–water partition coefficient (Wildman–Crippen LogP) is 4.84. The molecule has 0 aliphatic rings. The van der Waals surface area contributed by atoms with Gasteiger partial charge >= 0.3 is 0 Å². The third-order valence-electron chi connectivity index (χ3n) is 3.85. The van der Waals surface area contributed by atoms with Crippen LogP contribution in [0.5, 0.6) is 0 Å². The van der Waals surface area contributed by atoms with Crippen molar-refractivity contribution in [3.05, 3.63) is 83.6 Å². The van der Waals surface area contributed by atoms with Crippen LogP contribution in [0.15, 0.2) is 60.8 Å². The highest BCUT2D eigenvalue weighted by molar-refractivity contribution is 6.04. The molecule has 2 aromatic carbocycles. The first-order valence-corrected chi connectivity index (χ1v) is 7.88. The number of nitrogens with zero attached hydrogens (tertiary/aromatic N) is 1. The molecule has 5 heteroatoms. The van der Waals surface area contributed by atoms with Crippen molar-refractivity contribution in [1.82, 2.24) is 4.98 Å². The summed E-state index contributed by atoms with van der Waals surface area (Å²) >= 11 is 0. The molecule has 0 spiro atoms. The maximum atomic E-state index is 13.2. The van der Waals surface area contributed by atoms with Crippen molar-refractivity contribution in [2.24, 2.45) is 0 Å². The molecular weight excluding hydrogens is 322 g/mol. The van der Waals surface area contributed by atoms with Crippen molar-refractivity contribution in [3.63, 3.8) is 0 Å². The summed E-state index contributed by atoms with van der Waals surface area (Å²) in [6, 6.07) is 14.1. The molecule has 3 rings (SSSR count). The van der Waals surface area contributed by atoms with Gasteiger partial charge in [0.1, 0.15) is 0 Å². The van der Waals surface area contributed by atoms with E-state index >= 15 is 0 Å². The smallest absolute Gasteiger partial charge is 0.255 e. The van der Waals surface area contributed by atoms with Gasteiger partial charge in [-0.05, 0) is 42.3 Å². The SMILES string of the molecule is CCc1ccc(-c2ccc(C(=O)Nc3ccc(F)c(F)c3)cc2)nc1. The number of nitrogens with one attached hydrogen (secondary N) is 1. The molecule has 0 radical (unpaired) electrons. The van der Waals surface area contributed by atoms with Crippen LogP contribution in [0.4, 0.5) is 14.5 Å². The van der Waals surface area contributed by atoms with E-state index in [1.807, 2.05) is 18.3 Å². The van der Waals surface area contributed by atoms with Crippen molar-refractivity contribution >= 4 is 11.6 Å². The van der Waals surface area contributed by atoms with E-state index < -0.39 is 17.5 Å². The molecular formula is C20H16F2N2O. The van der Waals surface area contributed by atoms with Crippen LogP contribution in [0.2, 0.25) is 0 Å². The summed E-state index contributed by atoms with van der Waals surface area (Å²) < 4.78 is 26.1. The first-order valence-electron chi connectivity index (χ1n) is 7.88. The molecule has 1 heterocycles. The Kier molecular flexibility index (Phi) is 4.84. The third-order valence-corrected chi connectivity index (χ3v) is 3.85. The minimum Gasteiger partial charge on any atom is -0.322 e. The molecule has 3 aromatic rings. The highest BCUT2D eigenvalue weighted by atomic mass is 19.2. The minimum absolute atomic E-state index is 0.199. The Labute approximate surface area is 144 Å². The highest BCUT2D eigenvalue weighted by Gasteiger charge is 2.09. The van der Waals surface area contributed by atoms with Crippen LogP contribution in [0.3, 0.4) is 0 Å². The van der Waals surface area contributed by atoms with E-state index in [9.17, 15) is 13.6 Å². The number of aryl methyl sites for hydroxylation is 1. The fraction of sp³-hybridized carbons (Fsp3) is 0.100. The van der Waals surface area contributed by atoms with Crippen LogP contribution in [0, 0.1) is 11.6 Å². The second-order valence-electron chi connectivity index (χ2n) is 5.57. The Hall–Kier alpha value is -3.08. The number of amides is 1. The van der Waals surface area contributed by atoms with Gasteiger partial charge in [-0.3, -0.25) is 9.78 Å². The fourth-order valence-corrected chi connectivity index (χ4v) is 2.37. The summed E-state index contributed by atoms with van der Waals surface area (Å²) in [5.41, 5.74) is 3.49. The summed E-state index contributed by atoms with van der Waals surface area (Å²) in [7, 11) is 0. The first-order chi connectivity index (χ1) is 12.1. The van der Waals surface area contributed by atoms with Gasteiger partial charge in [0.15, 0.2) is 11.6 Å². The number of carbonyl (C=O) groups excluding carboxylic acids is 1. The molecule has 0 aliphatic heterocycles. The van der Waals surface area contributed by atoms with E-state index in [1.165, 1.54) is 6.07 Å². The molecule has 0 aliphatic carbocycles. The van der Waals surface area contributed by atoms with E-state index in [4.69, 9.17) is 0 Å². The number of aromatic nitrogens is 1. The first kappa shape index (κ1) is 16.8. The molecule has 0 atom stereocenters. The van der Waals surface area contributed by atoms with Gasteiger partial charge in [-0.15, -0.1) is 0 Å². The molecule has 0 bridgehead atoms. The van der Waals surface area contributed by atoms with Crippen LogP contribution in [-0.4, -0.2) is 10.9 Å². The lowest BCUT2D eigenvalue weighted by Gasteiger charge is -2.07. The fourth-order valence-electron chi connectivity index (χ4n) is 2.37. The molecule has 0 unspecified atom stereocenters. The Morgan fingerprint density at radius 1 is 1.00 bits per heavy atom. The van der Waals surface area contributed by atoms with Gasteiger partial charge in [-0.2, -0.15) is 0 Å². The zero-order chi connectivity index (χ0) is 17.8. The van der Waals surface area contributed by atoms with E-state index in [1.54, 1.807) is 24.3 Å². The van der Waals surface area contributed by atoms with Crippen LogP contribution < -0.4 is 5.32 Å². The predicted molar refractivity (Wildman–Crippen MR) is 93.4 cm³/mol. The maximum absolute atomic E-state index is 13.2. The van der Waals surface area contributed by atoms with Crippen LogP contribution >= 0.6 is 0 Å². The van der Waals surface area contributed by atoms with Gasteiger partial charge in [0.25, 0.3) is 5.91 Å². The average molecular weight is 338 g/mol. The summed E-state index contributed by atoms with van der Waals surface area (Å²) in [5.74, 6) is -2.36. The second kappa shape index (κ2) is 7.21. The van der Waals surface area contributed by atoms with Crippen molar-refractivity contribution < 1.29 is 13.6 Å². The second-order valence-corrected chi connectivity index (χ2v) is 5.57. The van der Waals surface area contributed by atoms with Crippen molar-refractivity contribution in [2.75, 3.05) is 5.32 Å². The topological polar surface area (TPSA) is 42.0 Å². The van der Waals surface area contributed by atoms with E-state index in [2.05, 4.69) is 17.2 Å². The van der Waals surface area contributed by atoms with Crippen molar-refractivity contribution in [2.45, 2.75) is 13.3 Å². The number of halogens is 2. The summed E-state index contributed by atoms with van der Waals surface area (Å²) in [6.45, 7) is 2.07. The van der Waals surface area contributed by atoms with Gasteiger partial charge in [0, 0.05) is 29.1 Å². The molecule has 3 nitrogen and oxygen atoms in total. The lowest BCUT2D eigenvalue weighted by molar-refractivity contribution is 0.102. The normalized spacial score (nSPS) is 10.5. The van der Waals surface area contributed by atoms with Crippen molar-refractivity contribution in [3.8, 4) is 11.3 Å². The van der Waals surface area contributed by atoms with Gasteiger partial charge < -0.3 is 5.32 Å². The maximum Gasteiger partial charge on any atom is 0.255 e. The lowest BCUT2D eigenvalue weighted by atomic mass is 10.1. The number of anilines is 1. The molecule has 1 aromatic heterocycles. The van der Waals surface area contributed by atoms with Gasteiger partial charge in [-0.25, -0.2) is 8.78 Å². The summed E-state index contributed by atoms with van der Waals surface area (Å²) in [4.78, 5) is 16.6. The zero-order valence-corrected chi connectivity index (χ0v) is 13.6. The molecule has 1 amide bonds. The Bertz CT molecular complexity index is 891. The van der Waals surface area contributed by atoms with Gasteiger partial charge in [0.05, 0.1) is 5.69 Å². The Balaban J connectivity index is 1.74. The summed E-state index contributed by atoms with van der Waals surface area (Å²) in [6.07, 6.45) is 2.76. The van der Waals surface area contributed by atoms with Crippen molar-refractivity contribution in [1.29, 1.82) is 0 Å². The number of benzene rings is 2. The molecule has 0 saturated heterocycles. The monoisotopic (exact) mass is 338 g/mol. The Morgan fingerprint density at radius 3 is 2.36 bits per heavy atom. The zero-order valence-electron chi connectivity index (χ0n) is 13.6. The largest absolute Gasteiger partial charge is 0.322 e. The quantitative estimate of drug-likeness (QED) is 0.739. The number of hydrogen-bond donors (Lipinski definition) is 1. The molecule has 1 N–H and O–H groups in total.